The first-order valence-corrected chi connectivity index (χ1v) is 11.1. The average Bonchev–Trinajstić information content (AvgIpc) is 3.10. The Morgan fingerprint density at radius 3 is 2.42 bits per heavy atom. The van der Waals surface area contributed by atoms with Gasteiger partial charge in [0.2, 0.25) is 0 Å². The van der Waals surface area contributed by atoms with Crippen molar-refractivity contribution in [2.45, 2.75) is 43.9 Å². The highest BCUT2D eigenvalue weighted by Gasteiger charge is 2.44. The van der Waals surface area contributed by atoms with Gasteiger partial charge in [0.05, 0.1) is 10.6 Å². The van der Waals surface area contributed by atoms with E-state index in [1.54, 1.807) is 17.4 Å². The monoisotopic (exact) mass is 359 g/mol. The first-order chi connectivity index (χ1) is 11.4. The van der Waals surface area contributed by atoms with Crippen molar-refractivity contribution in [2.24, 2.45) is 5.41 Å². The molecule has 2 aliphatic carbocycles. The fourth-order valence-electron chi connectivity index (χ4n) is 3.90. The van der Waals surface area contributed by atoms with Crippen LogP contribution >= 0.6 is 11.3 Å². The lowest BCUT2D eigenvalue weighted by Crippen LogP contribution is -2.26. The SMILES string of the molecule is Cc1csc(C2=C(c3ccc(S(C)(=O)=O)cn3)CC3(CCC3)C2)c1. The minimum Gasteiger partial charge on any atom is -0.255 e. The molecule has 4 rings (SSSR count). The first kappa shape index (κ1) is 16.0. The van der Waals surface area contributed by atoms with Crippen LogP contribution in [-0.2, 0) is 9.84 Å². The van der Waals surface area contributed by atoms with Crippen LogP contribution in [0.2, 0.25) is 0 Å². The van der Waals surface area contributed by atoms with E-state index in [1.807, 2.05) is 6.07 Å². The van der Waals surface area contributed by atoms with E-state index in [4.69, 9.17) is 0 Å². The Morgan fingerprint density at radius 2 is 1.92 bits per heavy atom. The molecule has 1 saturated carbocycles. The first-order valence-electron chi connectivity index (χ1n) is 8.30. The van der Waals surface area contributed by atoms with Gasteiger partial charge < -0.3 is 0 Å². The largest absolute Gasteiger partial charge is 0.255 e. The number of hydrogen-bond donors (Lipinski definition) is 0. The van der Waals surface area contributed by atoms with E-state index in [9.17, 15) is 8.42 Å². The number of pyridine rings is 1. The van der Waals surface area contributed by atoms with E-state index in [0.717, 1.165) is 18.5 Å². The van der Waals surface area contributed by atoms with E-state index in [2.05, 4.69) is 23.4 Å². The number of aromatic nitrogens is 1. The number of allylic oxidation sites excluding steroid dienone is 2. The highest BCUT2D eigenvalue weighted by Crippen LogP contribution is 2.59. The molecule has 2 aromatic heterocycles. The van der Waals surface area contributed by atoms with Gasteiger partial charge >= 0.3 is 0 Å². The molecule has 0 unspecified atom stereocenters. The summed E-state index contributed by atoms with van der Waals surface area (Å²) in [5.74, 6) is 0. The number of rotatable bonds is 3. The minimum atomic E-state index is -3.20. The van der Waals surface area contributed by atoms with E-state index < -0.39 is 9.84 Å². The Balaban J connectivity index is 1.77. The van der Waals surface area contributed by atoms with Gasteiger partial charge in [-0.3, -0.25) is 4.98 Å². The standard InChI is InChI=1S/C19H21NO2S2/c1-13-8-18(23-12-13)16-10-19(6-3-7-19)9-15(16)17-5-4-14(11-20-17)24(2,21)22/h4-5,8,11-12H,3,6-7,9-10H2,1-2H3. The maximum Gasteiger partial charge on any atom is 0.177 e. The molecule has 0 radical (unpaired) electrons. The second-order valence-electron chi connectivity index (χ2n) is 7.30. The Labute approximate surface area is 147 Å². The molecular formula is C19H21NO2S2. The predicted octanol–water partition coefficient (Wildman–Crippen LogP) is 4.73. The predicted molar refractivity (Wildman–Crippen MR) is 98.7 cm³/mol. The molecule has 0 aliphatic heterocycles. The number of aryl methyl sites for hydroxylation is 1. The quantitative estimate of drug-likeness (QED) is 0.796. The van der Waals surface area contributed by atoms with Crippen molar-refractivity contribution in [3.05, 3.63) is 45.9 Å². The zero-order chi connectivity index (χ0) is 16.9. The van der Waals surface area contributed by atoms with Crippen LogP contribution in [0.4, 0.5) is 0 Å². The van der Waals surface area contributed by atoms with Gasteiger partial charge in [-0.2, -0.15) is 0 Å². The highest BCUT2D eigenvalue weighted by molar-refractivity contribution is 7.90. The zero-order valence-electron chi connectivity index (χ0n) is 14.0. The smallest absolute Gasteiger partial charge is 0.177 e. The molecule has 0 saturated heterocycles. The van der Waals surface area contributed by atoms with Crippen LogP contribution in [0.15, 0.2) is 34.7 Å². The summed E-state index contributed by atoms with van der Waals surface area (Å²) in [7, 11) is -3.20. The molecule has 1 fully saturated rings. The number of thiophene rings is 1. The molecule has 2 aromatic rings. The highest BCUT2D eigenvalue weighted by atomic mass is 32.2. The second kappa shape index (κ2) is 5.53. The summed E-state index contributed by atoms with van der Waals surface area (Å²) in [4.78, 5) is 6.14. The topological polar surface area (TPSA) is 47.0 Å². The lowest BCUT2D eigenvalue weighted by atomic mass is 9.66. The van der Waals surface area contributed by atoms with Gasteiger partial charge in [-0.15, -0.1) is 11.3 Å². The van der Waals surface area contributed by atoms with Crippen molar-refractivity contribution in [3.63, 3.8) is 0 Å². The number of sulfone groups is 1. The summed E-state index contributed by atoms with van der Waals surface area (Å²) in [6.45, 7) is 2.13. The van der Waals surface area contributed by atoms with Crippen LogP contribution < -0.4 is 0 Å². The van der Waals surface area contributed by atoms with Gasteiger partial charge in [-0.1, -0.05) is 6.42 Å². The molecule has 0 amide bonds. The van der Waals surface area contributed by atoms with Gasteiger partial charge in [0.1, 0.15) is 0 Å². The lowest BCUT2D eigenvalue weighted by Gasteiger charge is -2.39. The summed E-state index contributed by atoms with van der Waals surface area (Å²) >= 11 is 1.81. The van der Waals surface area contributed by atoms with Crippen LogP contribution in [-0.4, -0.2) is 19.7 Å². The van der Waals surface area contributed by atoms with Crippen LogP contribution in [0.1, 0.15) is 48.2 Å². The molecule has 0 N–H and O–H groups in total. The van der Waals surface area contributed by atoms with Crippen molar-refractivity contribution < 1.29 is 8.42 Å². The third kappa shape index (κ3) is 2.74. The summed E-state index contributed by atoms with van der Waals surface area (Å²) in [6.07, 6.45) is 8.85. The molecule has 0 bridgehead atoms. The van der Waals surface area contributed by atoms with Crippen molar-refractivity contribution in [1.29, 1.82) is 0 Å². The zero-order valence-corrected chi connectivity index (χ0v) is 15.6. The second-order valence-corrected chi connectivity index (χ2v) is 10.2. The van der Waals surface area contributed by atoms with Crippen molar-refractivity contribution in [3.8, 4) is 0 Å². The van der Waals surface area contributed by atoms with E-state index in [-0.39, 0.29) is 4.90 Å². The van der Waals surface area contributed by atoms with E-state index >= 15 is 0 Å². The van der Waals surface area contributed by atoms with Crippen molar-refractivity contribution >= 4 is 32.3 Å². The summed E-state index contributed by atoms with van der Waals surface area (Å²) in [6, 6.07) is 5.83. The minimum absolute atomic E-state index is 0.289. The fourth-order valence-corrected chi connectivity index (χ4v) is 5.44. The van der Waals surface area contributed by atoms with Crippen LogP contribution in [0.5, 0.6) is 0 Å². The molecule has 1 spiro atoms. The number of hydrogen-bond acceptors (Lipinski definition) is 4. The van der Waals surface area contributed by atoms with Crippen LogP contribution in [0.3, 0.4) is 0 Å². The Bertz CT molecular complexity index is 917. The fraction of sp³-hybridized carbons (Fsp3) is 0.421. The summed E-state index contributed by atoms with van der Waals surface area (Å²) < 4.78 is 23.3. The molecular weight excluding hydrogens is 338 g/mol. The molecule has 2 heterocycles. The number of nitrogens with zero attached hydrogens (tertiary/aromatic N) is 1. The molecule has 5 heteroatoms. The van der Waals surface area contributed by atoms with Crippen molar-refractivity contribution in [1.82, 2.24) is 4.98 Å². The molecule has 24 heavy (non-hydrogen) atoms. The van der Waals surface area contributed by atoms with Gasteiger partial charge in [-0.25, -0.2) is 8.42 Å². The van der Waals surface area contributed by atoms with E-state index in [1.165, 1.54) is 53.3 Å². The molecule has 3 nitrogen and oxygen atoms in total. The van der Waals surface area contributed by atoms with E-state index in [0.29, 0.717) is 5.41 Å². The van der Waals surface area contributed by atoms with Gasteiger partial charge in [-0.05, 0) is 78.3 Å². The molecule has 0 aromatic carbocycles. The third-order valence-electron chi connectivity index (χ3n) is 5.38. The van der Waals surface area contributed by atoms with Crippen LogP contribution in [0, 0.1) is 12.3 Å². The average molecular weight is 360 g/mol. The Morgan fingerprint density at radius 1 is 1.17 bits per heavy atom. The van der Waals surface area contributed by atoms with Gasteiger partial charge in [0, 0.05) is 17.3 Å². The van der Waals surface area contributed by atoms with Gasteiger partial charge in [0.25, 0.3) is 0 Å². The molecule has 2 aliphatic rings. The van der Waals surface area contributed by atoms with Crippen molar-refractivity contribution in [2.75, 3.05) is 6.26 Å². The molecule has 0 atom stereocenters. The molecule has 126 valence electrons. The maximum absolute atomic E-state index is 11.7. The summed E-state index contributed by atoms with van der Waals surface area (Å²) in [5.41, 5.74) is 5.41. The Hall–Kier alpha value is -1.46. The normalized spacial score (nSPS) is 19.8. The van der Waals surface area contributed by atoms with Gasteiger partial charge in [0.15, 0.2) is 9.84 Å². The third-order valence-corrected chi connectivity index (χ3v) is 7.59. The van der Waals surface area contributed by atoms with Crippen LogP contribution in [0.25, 0.3) is 11.1 Å². The summed E-state index contributed by atoms with van der Waals surface area (Å²) in [5, 5.41) is 2.20. The Kier molecular flexibility index (Phi) is 3.69. The maximum atomic E-state index is 11.7. The lowest BCUT2D eigenvalue weighted by molar-refractivity contribution is 0.157.